The average Bonchev–Trinajstić information content (AvgIpc) is 3.42. The van der Waals surface area contributed by atoms with E-state index in [1.54, 1.807) is 0 Å². The first-order valence-corrected chi connectivity index (χ1v) is 9.91. The number of carboxylic acids is 1. The topological polar surface area (TPSA) is 104 Å². The highest BCUT2D eigenvalue weighted by Crippen LogP contribution is 2.45. The maximum Gasteiger partial charge on any atom is 0.311 e. The van der Waals surface area contributed by atoms with Crippen LogP contribution < -0.4 is 5.32 Å². The molecule has 0 atom stereocenters. The number of hydrogen-bond acceptors (Lipinski definition) is 4. The molecule has 1 saturated carbocycles. The smallest absolute Gasteiger partial charge is 0.311 e. The minimum absolute atomic E-state index is 0.0598. The quantitative estimate of drug-likeness (QED) is 0.793. The molecule has 0 aromatic heterocycles. The molecule has 1 aromatic rings. The molecule has 0 bridgehead atoms. The lowest BCUT2D eigenvalue weighted by Gasteiger charge is -2.26. The Labute approximate surface area is 147 Å². The summed E-state index contributed by atoms with van der Waals surface area (Å²) in [7, 11) is -3.60. The Morgan fingerprint density at radius 3 is 2.44 bits per heavy atom. The van der Waals surface area contributed by atoms with Gasteiger partial charge in [-0.05, 0) is 43.9 Å². The van der Waals surface area contributed by atoms with Crippen molar-refractivity contribution in [1.29, 1.82) is 0 Å². The number of sulfonamides is 1. The van der Waals surface area contributed by atoms with Crippen molar-refractivity contribution in [3.8, 4) is 0 Å². The summed E-state index contributed by atoms with van der Waals surface area (Å²) < 4.78 is 26.8. The summed E-state index contributed by atoms with van der Waals surface area (Å²) >= 11 is 0. The van der Waals surface area contributed by atoms with E-state index in [2.05, 4.69) is 5.32 Å². The van der Waals surface area contributed by atoms with Crippen molar-refractivity contribution >= 4 is 21.9 Å². The summed E-state index contributed by atoms with van der Waals surface area (Å²) in [5.74, 6) is -1.36. The van der Waals surface area contributed by atoms with Crippen LogP contribution in [-0.2, 0) is 14.8 Å². The molecule has 1 saturated heterocycles. The fraction of sp³-hybridized carbons (Fsp3) is 0.529. The van der Waals surface area contributed by atoms with Crippen LogP contribution in [0.4, 0.5) is 0 Å². The largest absolute Gasteiger partial charge is 0.481 e. The molecule has 7 nitrogen and oxygen atoms in total. The molecule has 2 aliphatic rings. The van der Waals surface area contributed by atoms with Crippen LogP contribution in [0.25, 0.3) is 0 Å². The predicted molar refractivity (Wildman–Crippen MR) is 90.7 cm³/mol. The van der Waals surface area contributed by atoms with Crippen LogP contribution in [0.2, 0.25) is 0 Å². The third-order valence-corrected chi connectivity index (χ3v) is 6.84. The summed E-state index contributed by atoms with van der Waals surface area (Å²) in [6.45, 7) is 1.06. The van der Waals surface area contributed by atoms with Gasteiger partial charge in [0.25, 0.3) is 5.91 Å². The Morgan fingerprint density at radius 1 is 1.16 bits per heavy atom. The van der Waals surface area contributed by atoms with Gasteiger partial charge in [-0.15, -0.1) is 0 Å². The summed E-state index contributed by atoms with van der Waals surface area (Å²) in [6.07, 6.45) is 3.81. The normalized spacial score (nSPS) is 20.0. The van der Waals surface area contributed by atoms with Crippen molar-refractivity contribution in [2.75, 3.05) is 19.6 Å². The Bertz CT molecular complexity index is 780. The van der Waals surface area contributed by atoms with E-state index in [9.17, 15) is 18.0 Å². The first-order valence-electron chi connectivity index (χ1n) is 8.47. The standard InChI is InChI=1S/C17H22N2O5S/c20-15(18-12-17(7-8-17)16(21)22)13-5-4-6-14(11-13)25(23,24)19-9-2-1-3-10-19/h4-6,11H,1-3,7-10,12H2,(H,18,20)(H,21,22). The number of amides is 1. The Kier molecular flexibility index (Phi) is 4.83. The SMILES string of the molecule is O=C(NCC1(C(=O)O)CC1)c1cccc(S(=O)(=O)N2CCCCC2)c1. The lowest BCUT2D eigenvalue weighted by atomic mass is 10.1. The van der Waals surface area contributed by atoms with Crippen LogP contribution >= 0.6 is 0 Å². The van der Waals surface area contributed by atoms with Crippen LogP contribution in [0.3, 0.4) is 0 Å². The van der Waals surface area contributed by atoms with Gasteiger partial charge < -0.3 is 10.4 Å². The van der Waals surface area contributed by atoms with Gasteiger partial charge in [0, 0.05) is 25.2 Å². The molecule has 8 heteroatoms. The van der Waals surface area contributed by atoms with Gasteiger partial charge in [-0.25, -0.2) is 8.42 Å². The highest BCUT2D eigenvalue weighted by atomic mass is 32.2. The number of rotatable bonds is 6. The molecule has 3 rings (SSSR count). The zero-order chi connectivity index (χ0) is 18.1. The lowest BCUT2D eigenvalue weighted by Crippen LogP contribution is -2.36. The third kappa shape index (κ3) is 3.69. The van der Waals surface area contributed by atoms with E-state index < -0.39 is 27.3 Å². The molecule has 136 valence electrons. The van der Waals surface area contributed by atoms with Crippen molar-refractivity contribution in [1.82, 2.24) is 9.62 Å². The molecule has 2 fully saturated rings. The number of aliphatic carboxylic acids is 1. The van der Waals surface area contributed by atoms with Gasteiger partial charge in [-0.1, -0.05) is 12.5 Å². The number of carbonyl (C=O) groups is 2. The number of nitrogens with one attached hydrogen (secondary N) is 1. The van der Waals surface area contributed by atoms with Crippen LogP contribution in [-0.4, -0.2) is 49.3 Å². The number of hydrogen-bond donors (Lipinski definition) is 2. The molecule has 0 unspecified atom stereocenters. The van der Waals surface area contributed by atoms with Crippen molar-refractivity contribution in [2.24, 2.45) is 5.41 Å². The molecule has 1 aliphatic heterocycles. The molecule has 1 heterocycles. The minimum Gasteiger partial charge on any atom is -0.481 e. The summed E-state index contributed by atoms with van der Waals surface area (Å²) in [5.41, 5.74) is -0.632. The summed E-state index contributed by atoms with van der Waals surface area (Å²) in [4.78, 5) is 23.5. The maximum absolute atomic E-state index is 12.7. The maximum atomic E-state index is 12.7. The van der Waals surface area contributed by atoms with Crippen LogP contribution in [0, 0.1) is 5.41 Å². The second-order valence-electron chi connectivity index (χ2n) is 6.76. The molecule has 1 aliphatic carbocycles. The minimum atomic E-state index is -3.60. The molecule has 2 N–H and O–H groups in total. The van der Waals surface area contributed by atoms with Crippen molar-refractivity contribution in [3.05, 3.63) is 29.8 Å². The number of nitrogens with zero attached hydrogens (tertiary/aromatic N) is 1. The van der Waals surface area contributed by atoms with Crippen molar-refractivity contribution in [3.63, 3.8) is 0 Å². The first-order chi connectivity index (χ1) is 11.8. The van der Waals surface area contributed by atoms with E-state index in [0.717, 1.165) is 19.3 Å². The zero-order valence-electron chi connectivity index (χ0n) is 13.9. The zero-order valence-corrected chi connectivity index (χ0v) is 14.7. The van der Waals surface area contributed by atoms with Crippen molar-refractivity contribution < 1.29 is 23.1 Å². The molecule has 0 spiro atoms. The van der Waals surface area contributed by atoms with E-state index >= 15 is 0 Å². The van der Waals surface area contributed by atoms with Crippen LogP contribution in [0.5, 0.6) is 0 Å². The molecular weight excluding hydrogens is 344 g/mol. The monoisotopic (exact) mass is 366 g/mol. The Balaban J connectivity index is 1.72. The van der Waals surface area contributed by atoms with Gasteiger partial charge in [0.2, 0.25) is 10.0 Å². The lowest BCUT2D eigenvalue weighted by molar-refractivity contribution is -0.143. The van der Waals surface area contributed by atoms with Gasteiger partial charge >= 0.3 is 5.97 Å². The fourth-order valence-electron chi connectivity index (χ4n) is 3.02. The van der Waals surface area contributed by atoms with E-state index in [-0.39, 0.29) is 17.0 Å². The number of carboxylic acid groups (broad SMARTS) is 1. The highest BCUT2D eigenvalue weighted by Gasteiger charge is 2.50. The summed E-state index contributed by atoms with van der Waals surface area (Å²) in [6, 6.07) is 5.92. The molecule has 1 aromatic carbocycles. The molecule has 25 heavy (non-hydrogen) atoms. The number of piperidine rings is 1. The highest BCUT2D eigenvalue weighted by molar-refractivity contribution is 7.89. The van der Waals surface area contributed by atoms with E-state index in [4.69, 9.17) is 5.11 Å². The van der Waals surface area contributed by atoms with Gasteiger partial charge in [-0.2, -0.15) is 4.31 Å². The Hall–Kier alpha value is -1.93. The van der Waals surface area contributed by atoms with Gasteiger partial charge in [0.15, 0.2) is 0 Å². The fourth-order valence-corrected chi connectivity index (χ4v) is 4.58. The molecular formula is C17H22N2O5S. The Morgan fingerprint density at radius 2 is 1.84 bits per heavy atom. The second kappa shape index (κ2) is 6.76. The van der Waals surface area contributed by atoms with Crippen LogP contribution in [0.1, 0.15) is 42.5 Å². The second-order valence-corrected chi connectivity index (χ2v) is 8.70. The predicted octanol–water partition coefficient (Wildman–Crippen LogP) is 1.46. The van der Waals surface area contributed by atoms with E-state index in [0.29, 0.717) is 25.9 Å². The van der Waals surface area contributed by atoms with E-state index in [1.807, 2.05) is 0 Å². The molecule has 1 amide bonds. The average molecular weight is 366 g/mol. The third-order valence-electron chi connectivity index (χ3n) is 4.94. The van der Waals surface area contributed by atoms with Crippen molar-refractivity contribution in [2.45, 2.75) is 37.0 Å². The number of benzene rings is 1. The van der Waals surface area contributed by atoms with Crippen LogP contribution in [0.15, 0.2) is 29.2 Å². The van der Waals surface area contributed by atoms with Gasteiger partial charge in [-0.3, -0.25) is 9.59 Å². The van der Waals surface area contributed by atoms with E-state index in [1.165, 1.54) is 28.6 Å². The van der Waals surface area contributed by atoms with Gasteiger partial charge in [0.05, 0.1) is 10.3 Å². The first kappa shape index (κ1) is 17.9. The molecule has 0 radical (unpaired) electrons. The number of carbonyl (C=O) groups excluding carboxylic acids is 1. The van der Waals surface area contributed by atoms with Gasteiger partial charge in [0.1, 0.15) is 0 Å². The summed E-state index contributed by atoms with van der Waals surface area (Å²) in [5, 5.41) is 11.8.